The molecular weight excluding hydrogens is 170 g/mol. The highest BCUT2D eigenvalue weighted by atomic mass is 14.8. The van der Waals surface area contributed by atoms with Gasteiger partial charge >= 0.3 is 0 Å². The molecule has 0 aliphatic heterocycles. The largest absolute Gasteiger partial charge is 0.349 e. The Labute approximate surface area is 87.3 Å². The van der Waals surface area contributed by atoms with Gasteiger partial charge in [-0.25, -0.2) is 0 Å². The molecule has 2 atom stereocenters. The number of hydrogen-bond donors (Lipinski definition) is 1. The molecule has 2 aliphatic rings. The van der Waals surface area contributed by atoms with Gasteiger partial charge in [-0.3, -0.25) is 0 Å². The summed E-state index contributed by atoms with van der Waals surface area (Å²) in [7, 11) is 2.16. The van der Waals surface area contributed by atoms with Gasteiger partial charge in [0.15, 0.2) is 0 Å². The summed E-state index contributed by atoms with van der Waals surface area (Å²) in [5.41, 5.74) is 5.03. The SMILES string of the molecule is C[NH2+]CCC1CC1=C(C)C1=CCC1C. The molecule has 1 fully saturated rings. The van der Waals surface area contributed by atoms with Gasteiger partial charge in [0.2, 0.25) is 0 Å². The van der Waals surface area contributed by atoms with Crippen molar-refractivity contribution in [3.8, 4) is 0 Å². The zero-order valence-electron chi connectivity index (χ0n) is 9.64. The van der Waals surface area contributed by atoms with Gasteiger partial charge in [0, 0.05) is 6.42 Å². The second-order valence-corrected chi connectivity index (χ2v) is 4.83. The van der Waals surface area contributed by atoms with E-state index in [0.29, 0.717) is 0 Å². The van der Waals surface area contributed by atoms with E-state index in [1.54, 1.807) is 16.7 Å². The first-order valence-corrected chi connectivity index (χ1v) is 5.92. The normalized spacial score (nSPS) is 33.5. The molecule has 0 aromatic heterocycles. The Bertz CT molecular complexity index is 286. The average Bonchev–Trinajstić information content (AvgIpc) is 2.91. The summed E-state index contributed by atoms with van der Waals surface area (Å²) >= 11 is 0. The molecule has 0 heterocycles. The van der Waals surface area contributed by atoms with E-state index >= 15 is 0 Å². The molecule has 78 valence electrons. The van der Waals surface area contributed by atoms with Gasteiger partial charge in [0.05, 0.1) is 13.6 Å². The van der Waals surface area contributed by atoms with E-state index in [-0.39, 0.29) is 0 Å². The summed E-state index contributed by atoms with van der Waals surface area (Å²) < 4.78 is 0. The lowest BCUT2D eigenvalue weighted by atomic mass is 9.81. The van der Waals surface area contributed by atoms with Crippen molar-refractivity contribution < 1.29 is 5.32 Å². The fourth-order valence-electron chi connectivity index (χ4n) is 2.49. The smallest absolute Gasteiger partial charge is 0.0759 e. The summed E-state index contributed by atoms with van der Waals surface area (Å²) in [6.45, 7) is 5.96. The standard InChI is InChI=1S/C13H21N/c1-9-4-5-12(9)10(2)13-8-11(13)6-7-14-3/h5,9,11,14H,4,6-8H2,1-3H3/p+1. The van der Waals surface area contributed by atoms with Crippen LogP contribution in [-0.2, 0) is 0 Å². The van der Waals surface area contributed by atoms with Crippen molar-refractivity contribution in [3.63, 3.8) is 0 Å². The minimum absolute atomic E-state index is 0.835. The lowest BCUT2D eigenvalue weighted by Crippen LogP contribution is -2.79. The molecule has 14 heavy (non-hydrogen) atoms. The highest BCUT2D eigenvalue weighted by Crippen LogP contribution is 2.47. The number of rotatable bonds is 4. The third-order valence-corrected chi connectivity index (χ3v) is 3.74. The van der Waals surface area contributed by atoms with Crippen LogP contribution in [0, 0.1) is 11.8 Å². The Balaban J connectivity index is 1.92. The predicted molar refractivity (Wildman–Crippen MR) is 60.0 cm³/mol. The van der Waals surface area contributed by atoms with E-state index in [2.05, 4.69) is 32.3 Å². The molecule has 1 nitrogen and oxygen atoms in total. The summed E-state index contributed by atoms with van der Waals surface area (Å²) in [6, 6.07) is 0. The minimum atomic E-state index is 0.835. The summed E-state index contributed by atoms with van der Waals surface area (Å²) in [4.78, 5) is 0. The van der Waals surface area contributed by atoms with Crippen LogP contribution in [0.15, 0.2) is 22.8 Å². The van der Waals surface area contributed by atoms with Gasteiger partial charge in [-0.2, -0.15) is 0 Å². The molecule has 0 bridgehead atoms. The highest BCUT2D eigenvalue weighted by Gasteiger charge is 2.33. The Hall–Kier alpha value is -0.560. The van der Waals surface area contributed by atoms with Gasteiger partial charge in [-0.15, -0.1) is 0 Å². The number of nitrogens with two attached hydrogens (primary N) is 1. The third-order valence-electron chi connectivity index (χ3n) is 3.74. The Morgan fingerprint density at radius 1 is 1.57 bits per heavy atom. The van der Waals surface area contributed by atoms with Gasteiger partial charge in [0.1, 0.15) is 0 Å². The maximum Gasteiger partial charge on any atom is 0.0759 e. The van der Waals surface area contributed by atoms with Crippen LogP contribution >= 0.6 is 0 Å². The predicted octanol–water partition coefficient (Wildman–Crippen LogP) is 1.87. The van der Waals surface area contributed by atoms with Gasteiger partial charge < -0.3 is 5.32 Å². The maximum atomic E-state index is 2.41. The van der Waals surface area contributed by atoms with E-state index in [1.807, 2.05) is 0 Å². The van der Waals surface area contributed by atoms with E-state index in [9.17, 15) is 0 Å². The summed E-state index contributed by atoms with van der Waals surface area (Å²) in [6.07, 6.45) is 6.47. The van der Waals surface area contributed by atoms with Crippen molar-refractivity contribution >= 4 is 0 Å². The van der Waals surface area contributed by atoms with Crippen molar-refractivity contribution in [1.82, 2.24) is 0 Å². The van der Waals surface area contributed by atoms with Gasteiger partial charge in [0.25, 0.3) is 0 Å². The molecule has 2 aliphatic carbocycles. The van der Waals surface area contributed by atoms with Gasteiger partial charge in [-0.05, 0) is 42.7 Å². The highest BCUT2D eigenvalue weighted by molar-refractivity contribution is 5.45. The zero-order chi connectivity index (χ0) is 10.1. The molecule has 1 heteroatoms. The minimum Gasteiger partial charge on any atom is -0.349 e. The average molecular weight is 192 g/mol. The first-order valence-electron chi connectivity index (χ1n) is 5.92. The lowest BCUT2D eigenvalue weighted by molar-refractivity contribution is -0.627. The molecule has 0 amide bonds. The second-order valence-electron chi connectivity index (χ2n) is 4.83. The fourth-order valence-corrected chi connectivity index (χ4v) is 2.49. The maximum absolute atomic E-state index is 2.41. The fraction of sp³-hybridized carbons (Fsp3) is 0.692. The number of quaternary nitrogens is 1. The number of allylic oxidation sites excluding steroid dienone is 4. The molecule has 0 aromatic carbocycles. The van der Waals surface area contributed by atoms with Crippen LogP contribution in [0.4, 0.5) is 0 Å². The molecular formula is C13H22N+. The van der Waals surface area contributed by atoms with E-state index in [0.717, 1.165) is 11.8 Å². The third kappa shape index (κ3) is 1.78. The van der Waals surface area contributed by atoms with Crippen LogP contribution in [0.3, 0.4) is 0 Å². The Morgan fingerprint density at radius 2 is 2.36 bits per heavy atom. The van der Waals surface area contributed by atoms with E-state index in [1.165, 1.54) is 25.8 Å². The van der Waals surface area contributed by atoms with Crippen LogP contribution in [0.2, 0.25) is 0 Å². The van der Waals surface area contributed by atoms with Crippen molar-refractivity contribution in [2.45, 2.75) is 33.1 Å². The van der Waals surface area contributed by atoms with Crippen LogP contribution < -0.4 is 5.32 Å². The quantitative estimate of drug-likeness (QED) is 0.700. The molecule has 1 saturated carbocycles. The zero-order valence-corrected chi connectivity index (χ0v) is 9.64. The first-order chi connectivity index (χ1) is 6.74. The topological polar surface area (TPSA) is 16.6 Å². The molecule has 0 aromatic rings. The summed E-state index contributed by atoms with van der Waals surface area (Å²) in [5, 5.41) is 2.29. The van der Waals surface area contributed by atoms with Crippen LogP contribution in [-0.4, -0.2) is 13.6 Å². The number of hydrogen-bond acceptors (Lipinski definition) is 0. The monoisotopic (exact) mass is 192 g/mol. The Kier molecular flexibility index (Phi) is 2.78. The van der Waals surface area contributed by atoms with E-state index in [4.69, 9.17) is 0 Å². The lowest BCUT2D eigenvalue weighted by Gasteiger charge is -2.24. The van der Waals surface area contributed by atoms with Crippen molar-refractivity contribution in [1.29, 1.82) is 0 Å². The van der Waals surface area contributed by atoms with Crippen LogP contribution in [0.5, 0.6) is 0 Å². The summed E-state index contributed by atoms with van der Waals surface area (Å²) in [5.74, 6) is 1.77. The molecule has 2 unspecified atom stereocenters. The molecule has 0 spiro atoms. The van der Waals surface area contributed by atoms with Crippen LogP contribution in [0.1, 0.15) is 33.1 Å². The molecule has 0 saturated heterocycles. The molecule has 0 radical (unpaired) electrons. The van der Waals surface area contributed by atoms with Crippen LogP contribution in [0.25, 0.3) is 0 Å². The Morgan fingerprint density at radius 3 is 2.86 bits per heavy atom. The first kappa shape index (κ1) is 9.97. The van der Waals surface area contributed by atoms with E-state index < -0.39 is 0 Å². The van der Waals surface area contributed by atoms with Crippen molar-refractivity contribution in [2.24, 2.45) is 11.8 Å². The molecule has 2 rings (SSSR count). The van der Waals surface area contributed by atoms with Crippen molar-refractivity contribution in [3.05, 3.63) is 22.8 Å². The second kappa shape index (κ2) is 3.90. The van der Waals surface area contributed by atoms with Gasteiger partial charge in [-0.1, -0.05) is 18.6 Å². The van der Waals surface area contributed by atoms with Crippen molar-refractivity contribution in [2.75, 3.05) is 13.6 Å². The molecule has 2 N–H and O–H groups in total.